The van der Waals surface area contributed by atoms with Crippen molar-refractivity contribution in [1.29, 1.82) is 5.26 Å². The number of benzene rings is 4. The van der Waals surface area contributed by atoms with Gasteiger partial charge < -0.3 is 10.2 Å². The maximum Gasteiger partial charge on any atom is 0.416 e. The third-order valence-corrected chi connectivity index (χ3v) is 7.27. The lowest BCUT2D eigenvalue weighted by molar-refractivity contribution is -0.137. The number of aryl methyl sites for hydroxylation is 1. The predicted octanol–water partition coefficient (Wildman–Crippen LogP) is 7.13. The molecule has 1 N–H and O–H groups in total. The first-order valence-electron chi connectivity index (χ1n) is 13.4. The van der Waals surface area contributed by atoms with E-state index < -0.39 is 11.7 Å². The molecule has 4 aromatic carbocycles. The van der Waals surface area contributed by atoms with E-state index in [1.54, 1.807) is 12.1 Å². The number of hydrogen-bond donors (Lipinski definition) is 1. The number of amides is 1. The van der Waals surface area contributed by atoms with Crippen molar-refractivity contribution >= 4 is 17.3 Å². The molecule has 5 rings (SSSR count). The average Bonchev–Trinajstić information content (AvgIpc) is 2.97. The minimum Gasteiger partial charge on any atom is -0.369 e. The van der Waals surface area contributed by atoms with Gasteiger partial charge in [-0.15, -0.1) is 0 Å². The van der Waals surface area contributed by atoms with Crippen LogP contribution in [0.15, 0.2) is 91.0 Å². The van der Waals surface area contributed by atoms with Crippen LogP contribution in [0.5, 0.6) is 0 Å². The fourth-order valence-electron chi connectivity index (χ4n) is 5.05. The van der Waals surface area contributed by atoms with Gasteiger partial charge in [-0.25, -0.2) is 0 Å². The second kappa shape index (κ2) is 11.9. The first-order chi connectivity index (χ1) is 19.7. The van der Waals surface area contributed by atoms with Gasteiger partial charge in [-0.05, 0) is 78.2 Å². The molecule has 1 fully saturated rings. The van der Waals surface area contributed by atoms with Gasteiger partial charge in [-0.2, -0.15) is 18.4 Å². The lowest BCUT2D eigenvalue weighted by Gasteiger charge is -2.36. The number of nitriles is 1. The minimum absolute atomic E-state index is 0.332. The smallest absolute Gasteiger partial charge is 0.369 e. The Kier molecular flexibility index (Phi) is 8.09. The van der Waals surface area contributed by atoms with Crippen molar-refractivity contribution in [2.24, 2.45) is 0 Å². The Balaban J connectivity index is 1.22. The Morgan fingerprint density at radius 1 is 0.902 bits per heavy atom. The normalized spacial score (nSPS) is 14.0. The first-order valence-corrected chi connectivity index (χ1v) is 13.4. The summed E-state index contributed by atoms with van der Waals surface area (Å²) >= 11 is 0. The molecule has 1 aliphatic rings. The summed E-state index contributed by atoms with van der Waals surface area (Å²) in [6.07, 6.45) is -4.42. The second-order valence-electron chi connectivity index (χ2n) is 10.2. The number of nitrogens with zero attached hydrogens (tertiary/aromatic N) is 3. The van der Waals surface area contributed by atoms with Gasteiger partial charge in [-0.1, -0.05) is 42.0 Å². The molecule has 0 atom stereocenters. The molecule has 41 heavy (non-hydrogen) atoms. The topological polar surface area (TPSA) is 59.4 Å². The maximum atomic E-state index is 13.2. The molecule has 0 spiro atoms. The summed E-state index contributed by atoms with van der Waals surface area (Å²) in [6, 6.07) is 27.7. The summed E-state index contributed by atoms with van der Waals surface area (Å²) in [6.45, 7) is 6.21. The molecule has 0 radical (unpaired) electrons. The van der Waals surface area contributed by atoms with E-state index in [0.717, 1.165) is 61.7 Å². The highest BCUT2D eigenvalue weighted by atomic mass is 19.4. The standard InChI is InChI=1S/C33H29F3N4O/c1-23-5-14-30(31(19-23)26-6-8-27(9-7-26)33(34,35)36)32(41)38-28-10-12-29(13-11-28)40-17-15-39(16-18-40)22-25-4-2-3-24(20-25)21-37/h2-14,19-20H,15-18,22H2,1H3,(H,38,41). The number of rotatable bonds is 6. The van der Waals surface area contributed by atoms with Gasteiger partial charge in [-0.3, -0.25) is 9.69 Å². The van der Waals surface area contributed by atoms with Gasteiger partial charge in [0.15, 0.2) is 0 Å². The van der Waals surface area contributed by atoms with E-state index in [4.69, 9.17) is 5.26 Å². The van der Waals surface area contributed by atoms with Crippen molar-refractivity contribution in [3.63, 3.8) is 0 Å². The number of hydrogen-bond acceptors (Lipinski definition) is 4. The zero-order chi connectivity index (χ0) is 29.0. The maximum absolute atomic E-state index is 13.2. The molecule has 5 nitrogen and oxygen atoms in total. The van der Waals surface area contributed by atoms with Crippen LogP contribution in [-0.2, 0) is 12.7 Å². The van der Waals surface area contributed by atoms with Crippen LogP contribution in [0.4, 0.5) is 24.5 Å². The van der Waals surface area contributed by atoms with Gasteiger partial charge in [0.25, 0.3) is 5.91 Å². The van der Waals surface area contributed by atoms with E-state index in [0.29, 0.717) is 27.9 Å². The third kappa shape index (κ3) is 6.76. The predicted molar refractivity (Wildman–Crippen MR) is 155 cm³/mol. The Hall–Kier alpha value is -4.61. The number of alkyl halides is 3. The number of anilines is 2. The lowest BCUT2D eigenvalue weighted by Crippen LogP contribution is -2.45. The Labute approximate surface area is 237 Å². The summed E-state index contributed by atoms with van der Waals surface area (Å²) in [5, 5.41) is 12.1. The van der Waals surface area contributed by atoms with E-state index >= 15 is 0 Å². The van der Waals surface area contributed by atoms with Gasteiger partial charge in [0.1, 0.15) is 0 Å². The number of carbonyl (C=O) groups excluding carboxylic acids is 1. The number of nitrogens with one attached hydrogen (secondary N) is 1. The second-order valence-corrected chi connectivity index (χ2v) is 10.2. The van der Waals surface area contributed by atoms with Gasteiger partial charge in [0.05, 0.1) is 17.2 Å². The molecule has 0 bridgehead atoms. The van der Waals surface area contributed by atoms with E-state index in [2.05, 4.69) is 21.2 Å². The molecular formula is C33H29F3N4O. The van der Waals surface area contributed by atoms with Gasteiger partial charge in [0.2, 0.25) is 0 Å². The molecule has 1 amide bonds. The summed E-state index contributed by atoms with van der Waals surface area (Å²) in [5.74, 6) is -0.332. The van der Waals surface area contributed by atoms with Crippen LogP contribution in [-0.4, -0.2) is 37.0 Å². The summed E-state index contributed by atoms with van der Waals surface area (Å²) in [5.41, 5.74) is 5.17. The largest absolute Gasteiger partial charge is 0.416 e. The monoisotopic (exact) mass is 554 g/mol. The molecule has 0 saturated carbocycles. The van der Waals surface area contributed by atoms with Crippen LogP contribution in [0.25, 0.3) is 11.1 Å². The lowest BCUT2D eigenvalue weighted by atomic mass is 9.96. The van der Waals surface area contributed by atoms with Crippen molar-refractivity contribution in [3.8, 4) is 17.2 Å². The average molecular weight is 555 g/mol. The van der Waals surface area contributed by atoms with Crippen molar-refractivity contribution in [3.05, 3.63) is 119 Å². The zero-order valence-corrected chi connectivity index (χ0v) is 22.6. The van der Waals surface area contributed by atoms with Crippen LogP contribution < -0.4 is 10.2 Å². The fraction of sp³-hybridized carbons (Fsp3) is 0.212. The quantitative estimate of drug-likeness (QED) is 0.276. The van der Waals surface area contributed by atoms with Crippen molar-refractivity contribution < 1.29 is 18.0 Å². The molecule has 0 unspecified atom stereocenters. The van der Waals surface area contributed by atoms with Gasteiger partial charge >= 0.3 is 6.18 Å². The Morgan fingerprint density at radius 3 is 2.27 bits per heavy atom. The Bertz CT molecular complexity index is 1570. The SMILES string of the molecule is Cc1ccc(C(=O)Nc2ccc(N3CCN(Cc4cccc(C#N)c4)CC3)cc2)c(-c2ccc(C(F)(F)F)cc2)c1. The molecule has 0 aromatic heterocycles. The minimum atomic E-state index is -4.42. The molecule has 208 valence electrons. The molecule has 8 heteroatoms. The van der Waals surface area contributed by atoms with Crippen LogP contribution in [0, 0.1) is 18.3 Å². The molecule has 4 aromatic rings. The molecule has 0 aliphatic carbocycles. The zero-order valence-electron chi connectivity index (χ0n) is 22.6. The van der Waals surface area contributed by atoms with E-state index in [9.17, 15) is 18.0 Å². The Morgan fingerprint density at radius 2 is 1.61 bits per heavy atom. The molecular weight excluding hydrogens is 525 g/mol. The third-order valence-electron chi connectivity index (χ3n) is 7.27. The van der Waals surface area contributed by atoms with E-state index in [1.165, 1.54) is 12.1 Å². The highest BCUT2D eigenvalue weighted by molar-refractivity contribution is 6.08. The highest BCUT2D eigenvalue weighted by Crippen LogP contribution is 2.32. The highest BCUT2D eigenvalue weighted by Gasteiger charge is 2.30. The van der Waals surface area contributed by atoms with Crippen LogP contribution >= 0.6 is 0 Å². The van der Waals surface area contributed by atoms with Crippen LogP contribution in [0.1, 0.15) is 32.6 Å². The molecule has 1 aliphatic heterocycles. The van der Waals surface area contributed by atoms with Crippen molar-refractivity contribution in [2.45, 2.75) is 19.6 Å². The van der Waals surface area contributed by atoms with E-state index in [-0.39, 0.29) is 5.91 Å². The van der Waals surface area contributed by atoms with Crippen molar-refractivity contribution in [1.82, 2.24) is 4.90 Å². The summed E-state index contributed by atoms with van der Waals surface area (Å²) in [4.78, 5) is 17.9. The van der Waals surface area contributed by atoms with Crippen molar-refractivity contribution in [2.75, 3.05) is 36.4 Å². The number of carbonyl (C=O) groups is 1. The fourth-order valence-corrected chi connectivity index (χ4v) is 5.05. The van der Waals surface area contributed by atoms with E-state index in [1.807, 2.05) is 61.5 Å². The molecule has 1 heterocycles. The first kappa shape index (κ1) is 27.9. The van der Waals surface area contributed by atoms with Crippen LogP contribution in [0.3, 0.4) is 0 Å². The number of piperazine rings is 1. The summed E-state index contributed by atoms with van der Waals surface area (Å²) < 4.78 is 39.1. The number of halogens is 3. The van der Waals surface area contributed by atoms with Gasteiger partial charge in [0, 0.05) is 49.7 Å². The molecule has 1 saturated heterocycles. The summed E-state index contributed by atoms with van der Waals surface area (Å²) in [7, 11) is 0. The van der Waals surface area contributed by atoms with Crippen LogP contribution in [0.2, 0.25) is 0 Å².